The summed E-state index contributed by atoms with van der Waals surface area (Å²) >= 11 is 1.35. The number of amides is 1. The fourth-order valence-corrected chi connectivity index (χ4v) is 3.15. The second-order valence-corrected chi connectivity index (χ2v) is 5.46. The van der Waals surface area contributed by atoms with Gasteiger partial charge in [0.2, 0.25) is 0 Å². The van der Waals surface area contributed by atoms with E-state index in [1.165, 1.54) is 11.3 Å². The van der Waals surface area contributed by atoms with Gasteiger partial charge >= 0.3 is 0 Å². The van der Waals surface area contributed by atoms with E-state index in [2.05, 4.69) is 0 Å². The predicted octanol–water partition coefficient (Wildman–Crippen LogP) is 1.71. The van der Waals surface area contributed by atoms with Crippen LogP contribution in [0.4, 0.5) is 5.69 Å². The number of aliphatic hydroxyl groups is 1. The molecule has 1 heterocycles. The lowest BCUT2D eigenvalue weighted by Crippen LogP contribution is -2.46. The maximum Gasteiger partial charge on any atom is 0.266 e. The zero-order chi connectivity index (χ0) is 12.4. The van der Waals surface area contributed by atoms with Crippen molar-refractivity contribution in [1.82, 2.24) is 4.90 Å². The van der Waals surface area contributed by atoms with E-state index in [0.717, 1.165) is 25.7 Å². The van der Waals surface area contributed by atoms with E-state index in [9.17, 15) is 9.90 Å². The smallest absolute Gasteiger partial charge is 0.266 e. The highest BCUT2D eigenvalue weighted by Gasteiger charge is 2.30. The van der Waals surface area contributed by atoms with Crippen molar-refractivity contribution < 1.29 is 9.90 Å². The fourth-order valence-electron chi connectivity index (χ4n) is 2.35. The van der Waals surface area contributed by atoms with Crippen LogP contribution in [0.3, 0.4) is 0 Å². The molecule has 1 fully saturated rings. The quantitative estimate of drug-likeness (QED) is 0.844. The molecule has 1 aromatic heterocycles. The topological polar surface area (TPSA) is 66.6 Å². The highest BCUT2D eigenvalue weighted by molar-refractivity contribution is 7.12. The van der Waals surface area contributed by atoms with Crippen molar-refractivity contribution in [1.29, 1.82) is 0 Å². The SMILES string of the molecule is CN(C(=O)c1sccc1N)C1CCCCC1O. The third-order valence-corrected chi connectivity index (χ3v) is 4.32. The first-order valence-corrected chi connectivity index (χ1v) is 6.77. The summed E-state index contributed by atoms with van der Waals surface area (Å²) in [5.74, 6) is -0.0801. The zero-order valence-electron chi connectivity index (χ0n) is 9.93. The lowest BCUT2D eigenvalue weighted by Gasteiger charge is -2.35. The van der Waals surface area contributed by atoms with Gasteiger partial charge in [0.1, 0.15) is 4.88 Å². The van der Waals surface area contributed by atoms with Crippen LogP contribution in [0.1, 0.15) is 35.4 Å². The molecular weight excluding hydrogens is 236 g/mol. The molecule has 1 aliphatic rings. The first-order valence-electron chi connectivity index (χ1n) is 5.89. The minimum absolute atomic E-state index is 0.0715. The van der Waals surface area contributed by atoms with Crippen molar-refractivity contribution >= 4 is 22.9 Å². The van der Waals surface area contributed by atoms with Crippen LogP contribution >= 0.6 is 11.3 Å². The lowest BCUT2D eigenvalue weighted by molar-refractivity contribution is 0.0271. The molecule has 2 unspecified atom stereocenters. The van der Waals surface area contributed by atoms with Gasteiger partial charge in [-0.3, -0.25) is 4.79 Å². The highest BCUT2D eigenvalue weighted by atomic mass is 32.1. The number of hydrogen-bond donors (Lipinski definition) is 2. The van der Waals surface area contributed by atoms with Crippen LogP contribution in [-0.4, -0.2) is 35.1 Å². The molecule has 4 nitrogen and oxygen atoms in total. The molecular formula is C12H18N2O2S. The second kappa shape index (κ2) is 5.06. The number of thiophene rings is 1. The molecule has 1 saturated carbocycles. The first-order chi connectivity index (χ1) is 8.11. The van der Waals surface area contributed by atoms with E-state index >= 15 is 0 Å². The molecule has 2 rings (SSSR count). The Hall–Kier alpha value is -1.07. The molecule has 2 atom stereocenters. The van der Waals surface area contributed by atoms with Crippen molar-refractivity contribution in [3.8, 4) is 0 Å². The average Bonchev–Trinajstić information content (AvgIpc) is 2.74. The lowest BCUT2D eigenvalue weighted by atomic mass is 9.91. The molecule has 94 valence electrons. The van der Waals surface area contributed by atoms with Gasteiger partial charge in [0.25, 0.3) is 5.91 Å². The highest BCUT2D eigenvalue weighted by Crippen LogP contribution is 2.26. The van der Waals surface area contributed by atoms with Crippen LogP contribution in [0, 0.1) is 0 Å². The Morgan fingerprint density at radius 1 is 1.53 bits per heavy atom. The van der Waals surface area contributed by atoms with Crippen LogP contribution in [-0.2, 0) is 0 Å². The van der Waals surface area contributed by atoms with Gasteiger partial charge in [-0.15, -0.1) is 11.3 Å². The molecule has 1 amide bonds. The summed E-state index contributed by atoms with van der Waals surface area (Å²) < 4.78 is 0. The number of rotatable bonds is 2. The van der Waals surface area contributed by atoms with Crippen molar-refractivity contribution in [3.05, 3.63) is 16.3 Å². The maximum atomic E-state index is 12.2. The summed E-state index contributed by atoms with van der Waals surface area (Å²) in [5, 5.41) is 11.7. The van der Waals surface area contributed by atoms with Crippen molar-refractivity contribution in [3.63, 3.8) is 0 Å². The number of nitrogens with two attached hydrogens (primary N) is 1. The van der Waals surface area contributed by atoms with Gasteiger partial charge in [0.05, 0.1) is 17.8 Å². The van der Waals surface area contributed by atoms with Gasteiger partial charge in [-0.05, 0) is 24.3 Å². The van der Waals surface area contributed by atoms with Gasteiger partial charge in [-0.2, -0.15) is 0 Å². The van der Waals surface area contributed by atoms with Crippen LogP contribution in [0.2, 0.25) is 0 Å². The maximum absolute atomic E-state index is 12.2. The van der Waals surface area contributed by atoms with Gasteiger partial charge in [0, 0.05) is 7.05 Å². The van der Waals surface area contributed by atoms with E-state index in [1.807, 2.05) is 5.38 Å². The average molecular weight is 254 g/mol. The third kappa shape index (κ3) is 2.45. The number of hydrogen-bond acceptors (Lipinski definition) is 4. The first kappa shape index (κ1) is 12.4. The normalized spacial score (nSPS) is 24.6. The number of carbonyl (C=O) groups excluding carboxylic acids is 1. The van der Waals surface area contributed by atoms with E-state index in [0.29, 0.717) is 10.6 Å². The molecule has 0 saturated heterocycles. The van der Waals surface area contributed by atoms with Crippen LogP contribution in [0.25, 0.3) is 0 Å². The minimum Gasteiger partial charge on any atom is -0.397 e. The Labute approximate surface area is 105 Å². The molecule has 0 bridgehead atoms. The van der Waals surface area contributed by atoms with Gasteiger partial charge in [-0.1, -0.05) is 12.8 Å². The second-order valence-electron chi connectivity index (χ2n) is 4.54. The Morgan fingerprint density at radius 3 is 2.82 bits per heavy atom. The van der Waals surface area contributed by atoms with E-state index in [-0.39, 0.29) is 11.9 Å². The van der Waals surface area contributed by atoms with Crippen LogP contribution < -0.4 is 5.73 Å². The van der Waals surface area contributed by atoms with Crippen molar-refractivity contribution in [2.24, 2.45) is 0 Å². The van der Waals surface area contributed by atoms with E-state index in [4.69, 9.17) is 5.73 Å². The zero-order valence-corrected chi connectivity index (χ0v) is 10.7. The molecule has 1 aromatic rings. The molecule has 0 spiro atoms. The Bertz CT molecular complexity index is 405. The van der Waals surface area contributed by atoms with E-state index in [1.54, 1.807) is 18.0 Å². The molecule has 17 heavy (non-hydrogen) atoms. The Balaban J connectivity index is 2.11. The minimum atomic E-state index is -0.404. The summed E-state index contributed by atoms with van der Waals surface area (Å²) in [6.07, 6.45) is 3.36. The third-order valence-electron chi connectivity index (χ3n) is 3.40. The molecule has 1 aliphatic carbocycles. The van der Waals surface area contributed by atoms with E-state index < -0.39 is 6.10 Å². The molecule has 3 N–H and O–H groups in total. The number of likely N-dealkylation sites (N-methyl/N-ethyl adjacent to an activating group) is 1. The monoisotopic (exact) mass is 254 g/mol. The number of nitrogens with zero attached hydrogens (tertiary/aromatic N) is 1. The van der Waals surface area contributed by atoms with Gasteiger partial charge < -0.3 is 15.7 Å². The fraction of sp³-hybridized carbons (Fsp3) is 0.583. The van der Waals surface area contributed by atoms with Crippen molar-refractivity contribution in [2.75, 3.05) is 12.8 Å². The Morgan fingerprint density at radius 2 is 2.24 bits per heavy atom. The molecule has 5 heteroatoms. The number of carbonyl (C=O) groups is 1. The summed E-state index contributed by atoms with van der Waals surface area (Å²) in [6.45, 7) is 0. The number of anilines is 1. The van der Waals surface area contributed by atoms with Gasteiger partial charge in [-0.25, -0.2) is 0 Å². The molecule has 0 aromatic carbocycles. The summed E-state index contributed by atoms with van der Waals surface area (Å²) in [5.41, 5.74) is 6.27. The standard InChI is InChI=1S/C12H18N2O2S/c1-14(9-4-2-3-5-10(9)15)12(16)11-8(13)6-7-17-11/h6-7,9-10,15H,2-5,13H2,1H3. The van der Waals surface area contributed by atoms with Crippen molar-refractivity contribution in [2.45, 2.75) is 37.8 Å². The summed E-state index contributed by atoms with van der Waals surface area (Å²) in [6, 6.07) is 1.67. The summed E-state index contributed by atoms with van der Waals surface area (Å²) in [7, 11) is 1.75. The van der Waals surface area contributed by atoms with Gasteiger partial charge in [0.15, 0.2) is 0 Å². The number of nitrogen functional groups attached to an aromatic ring is 1. The predicted molar refractivity (Wildman–Crippen MR) is 69.1 cm³/mol. The molecule has 0 radical (unpaired) electrons. The van der Waals surface area contributed by atoms with Crippen LogP contribution in [0.5, 0.6) is 0 Å². The molecule has 0 aliphatic heterocycles. The van der Waals surface area contributed by atoms with Crippen LogP contribution in [0.15, 0.2) is 11.4 Å². The summed E-state index contributed by atoms with van der Waals surface area (Å²) in [4.78, 5) is 14.4. The Kier molecular flexibility index (Phi) is 3.69. The number of aliphatic hydroxyl groups excluding tert-OH is 1. The largest absolute Gasteiger partial charge is 0.397 e.